The fourth-order valence-electron chi connectivity index (χ4n) is 3.84. The summed E-state index contributed by atoms with van der Waals surface area (Å²) < 4.78 is 5.96. The van der Waals surface area contributed by atoms with Crippen LogP contribution in [0, 0.1) is 0 Å². The van der Waals surface area contributed by atoms with E-state index in [0.29, 0.717) is 19.7 Å². The Balaban J connectivity index is 1.78. The second-order valence-electron chi connectivity index (χ2n) is 6.77. The maximum Gasteiger partial charge on any atom is 0.219 e. The highest BCUT2D eigenvalue weighted by Gasteiger charge is 2.23. The lowest BCUT2D eigenvalue weighted by Gasteiger charge is -2.31. The molecule has 1 amide bonds. The molecule has 2 aromatic carbocycles. The molecular formula is C22H23NO2. The molecule has 0 aromatic heterocycles. The van der Waals surface area contributed by atoms with Crippen LogP contribution in [0.5, 0.6) is 0 Å². The first-order valence-electron chi connectivity index (χ1n) is 8.98. The van der Waals surface area contributed by atoms with Crippen molar-refractivity contribution in [1.29, 1.82) is 0 Å². The van der Waals surface area contributed by atoms with Gasteiger partial charge in [0.1, 0.15) is 0 Å². The lowest BCUT2D eigenvalue weighted by atomic mass is 9.92. The number of benzene rings is 2. The van der Waals surface area contributed by atoms with Crippen molar-refractivity contribution in [3.05, 3.63) is 76.9 Å². The van der Waals surface area contributed by atoms with E-state index in [4.69, 9.17) is 4.74 Å². The monoisotopic (exact) mass is 333 g/mol. The summed E-state index contributed by atoms with van der Waals surface area (Å²) >= 11 is 0. The summed E-state index contributed by atoms with van der Waals surface area (Å²) in [7, 11) is 0. The van der Waals surface area contributed by atoms with Gasteiger partial charge in [-0.1, -0.05) is 48.5 Å². The van der Waals surface area contributed by atoms with Gasteiger partial charge < -0.3 is 9.64 Å². The van der Waals surface area contributed by atoms with E-state index < -0.39 is 0 Å². The fraction of sp³-hybridized carbons (Fsp3) is 0.318. The van der Waals surface area contributed by atoms with E-state index in [1.165, 1.54) is 27.8 Å². The molecule has 1 aliphatic carbocycles. The SMILES string of the molecule is CC(=O)N1CCOC(C=C2c3ccccc3CCc3ccccc32)C1. The van der Waals surface area contributed by atoms with E-state index in [9.17, 15) is 4.79 Å². The number of hydrogen-bond acceptors (Lipinski definition) is 2. The molecule has 0 bridgehead atoms. The summed E-state index contributed by atoms with van der Waals surface area (Å²) in [6, 6.07) is 17.3. The Morgan fingerprint density at radius 2 is 1.64 bits per heavy atom. The number of nitrogens with zero attached hydrogens (tertiary/aromatic N) is 1. The molecule has 3 nitrogen and oxygen atoms in total. The van der Waals surface area contributed by atoms with Crippen LogP contribution < -0.4 is 0 Å². The number of hydrogen-bond donors (Lipinski definition) is 0. The minimum absolute atomic E-state index is 0.0631. The van der Waals surface area contributed by atoms with Gasteiger partial charge in [-0.25, -0.2) is 0 Å². The molecule has 25 heavy (non-hydrogen) atoms. The number of aryl methyl sites for hydroxylation is 2. The first-order valence-corrected chi connectivity index (χ1v) is 8.98. The molecule has 128 valence electrons. The Hall–Kier alpha value is -2.39. The van der Waals surface area contributed by atoms with E-state index in [-0.39, 0.29) is 12.0 Å². The number of fused-ring (bicyclic) bond motifs is 2. The van der Waals surface area contributed by atoms with Crippen molar-refractivity contribution in [1.82, 2.24) is 4.90 Å². The first-order chi connectivity index (χ1) is 12.2. The fourth-order valence-corrected chi connectivity index (χ4v) is 3.84. The molecule has 3 heteroatoms. The smallest absolute Gasteiger partial charge is 0.219 e. The molecule has 1 aliphatic heterocycles. The van der Waals surface area contributed by atoms with Crippen molar-refractivity contribution in [3.63, 3.8) is 0 Å². The predicted molar refractivity (Wildman–Crippen MR) is 99.4 cm³/mol. The third-order valence-electron chi connectivity index (χ3n) is 5.17. The third kappa shape index (κ3) is 3.24. The van der Waals surface area contributed by atoms with Crippen molar-refractivity contribution in [2.75, 3.05) is 19.7 Å². The largest absolute Gasteiger partial charge is 0.370 e. The Morgan fingerprint density at radius 3 is 2.24 bits per heavy atom. The van der Waals surface area contributed by atoms with Gasteiger partial charge in [0.15, 0.2) is 0 Å². The molecule has 0 radical (unpaired) electrons. The topological polar surface area (TPSA) is 29.5 Å². The van der Waals surface area contributed by atoms with Gasteiger partial charge in [-0.15, -0.1) is 0 Å². The van der Waals surface area contributed by atoms with E-state index in [2.05, 4.69) is 54.6 Å². The van der Waals surface area contributed by atoms with Gasteiger partial charge in [0.25, 0.3) is 0 Å². The second-order valence-corrected chi connectivity index (χ2v) is 6.77. The van der Waals surface area contributed by atoms with Crippen molar-refractivity contribution in [2.24, 2.45) is 0 Å². The Labute approximate surface area is 148 Å². The highest BCUT2D eigenvalue weighted by Crippen LogP contribution is 2.34. The molecule has 1 heterocycles. The Kier molecular flexibility index (Phi) is 4.41. The molecule has 1 saturated heterocycles. The van der Waals surface area contributed by atoms with Gasteiger partial charge >= 0.3 is 0 Å². The van der Waals surface area contributed by atoms with E-state index in [1.807, 2.05) is 4.90 Å². The number of carbonyl (C=O) groups excluding carboxylic acids is 1. The maximum absolute atomic E-state index is 11.7. The summed E-state index contributed by atoms with van der Waals surface area (Å²) in [6.45, 7) is 3.54. The molecule has 2 aliphatic rings. The van der Waals surface area contributed by atoms with E-state index >= 15 is 0 Å². The minimum atomic E-state index is -0.0631. The number of amides is 1. The number of morpholine rings is 1. The quantitative estimate of drug-likeness (QED) is 0.800. The van der Waals surface area contributed by atoms with Gasteiger partial charge in [0.05, 0.1) is 19.3 Å². The summed E-state index contributed by atoms with van der Waals surface area (Å²) in [6.07, 6.45) is 4.26. The normalized spacial score (nSPS) is 19.6. The molecule has 1 unspecified atom stereocenters. The second kappa shape index (κ2) is 6.85. The molecule has 1 atom stereocenters. The van der Waals surface area contributed by atoms with Gasteiger partial charge in [-0.05, 0) is 46.7 Å². The molecule has 2 aromatic rings. The van der Waals surface area contributed by atoms with Gasteiger partial charge in [0.2, 0.25) is 5.91 Å². The van der Waals surface area contributed by atoms with Crippen LogP contribution in [0.1, 0.15) is 29.2 Å². The number of carbonyl (C=O) groups is 1. The maximum atomic E-state index is 11.7. The third-order valence-corrected chi connectivity index (χ3v) is 5.17. The van der Waals surface area contributed by atoms with Crippen LogP contribution in [0.25, 0.3) is 5.57 Å². The minimum Gasteiger partial charge on any atom is -0.370 e. The molecule has 0 spiro atoms. The highest BCUT2D eigenvalue weighted by atomic mass is 16.5. The lowest BCUT2D eigenvalue weighted by Crippen LogP contribution is -2.44. The van der Waals surface area contributed by atoms with Crippen LogP contribution >= 0.6 is 0 Å². The Bertz CT molecular complexity index is 775. The van der Waals surface area contributed by atoms with Crippen LogP contribution in [0.4, 0.5) is 0 Å². The van der Waals surface area contributed by atoms with Gasteiger partial charge in [0, 0.05) is 13.5 Å². The first kappa shape index (κ1) is 16.1. The zero-order valence-electron chi connectivity index (χ0n) is 14.6. The molecule has 0 saturated carbocycles. The number of rotatable bonds is 1. The lowest BCUT2D eigenvalue weighted by molar-refractivity contribution is -0.134. The van der Waals surface area contributed by atoms with Crippen LogP contribution in [-0.2, 0) is 22.4 Å². The average Bonchev–Trinajstić information content (AvgIpc) is 2.80. The van der Waals surface area contributed by atoms with Crippen LogP contribution in [0.2, 0.25) is 0 Å². The summed E-state index contributed by atoms with van der Waals surface area (Å²) in [5.74, 6) is 0.119. The Morgan fingerprint density at radius 1 is 1.04 bits per heavy atom. The van der Waals surface area contributed by atoms with Crippen LogP contribution in [-0.4, -0.2) is 36.6 Å². The van der Waals surface area contributed by atoms with Crippen molar-refractivity contribution in [2.45, 2.75) is 25.9 Å². The summed E-state index contributed by atoms with van der Waals surface area (Å²) in [5.41, 5.74) is 6.57. The highest BCUT2D eigenvalue weighted by molar-refractivity contribution is 5.84. The van der Waals surface area contributed by atoms with Crippen molar-refractivity contribution >= 4 is 11.5 Å². The molecular weight excluding hydrogens is 310 g/mol. The summed E-state index contributed by atoms with van der Waals surface area (Å²) in [5, 5.41) is 0. The average molecular weight is 333 g/mol. The van der Waals surface area contributed by atoms with Crippen LogP contribution in [0.15, 0.2) is 54.6 Å². The standard InChI is InChI=1S/C22H23NO2/c1-16(24)23-12-13-25-19(15-23)14-22-20-8-4-2-6-17(20)10-11-18-7-3-5-9-21(18)22/h2-9,14,19H,10-13,15H2,1H3. The van der Waals surface area contributed by atoms with Crippen molar-refractivity contribution < 1.29 is 9.53 Å². The molecule has 1 fully saturated rings. The van der Waals surface area contributed by atoms with Crippen molar-refractivity contribution in [3.8, 4) is 0 Å². The van der Waals surface area contributed by atoms with Gasteiger partial charge in [-0.3, -0.25) is 4.79 Å². The zero-order valence-corrected chi connectivity index (χ0v) is 14.6. The van der Waals surface area contributed by atoms with Crippen LogP contribution in [0.3, 0.4) is 0 Å². The summed E-state index contributed by atoms with van der Waals surface area (Å²) in [4.78, 5) is 13.6. The molecule has 4 rings (SSSR count). The van der Waals surface area contributed by atoms with E-state index in [0.717, 1.165) is 12.8 Å². The predicted octanol–water partition coefficient (Wildman–Crippen LogP) is 3.46. The zero-order chi connectivity index (χ0) is 17.2. The van der Waals surface area contributed by atoms with E-state index in [1.54, 1.807) is 6.92 Å². The molecule has 0 N–H and O–H groups in total. The van der Waals surface area contributed by atoms with Gasteiger partial charge in [-0.2, -0.15) is 0 Å². The number of ether oxygens (including phenoxy) is 1.